The Morgan fingerprint density at radius 2 is 2.26 bits per heavy atom. The number of nitrogens with one attached hydrogen (secondary N) is 1. The third-order valence-electron chi connectivity index (χ3n) is 4.01. The van der Waals surface area contributed by atoms with Gasteiger partial charge >= 0.3 is 6.03 Å². The van der Waals surface area contributed by atoms with Gasteiger partial charge in [0.2, 0.25) is 0 Å². The predicted molar refractivity (Wildman–Crippen MR) is 87.6 cm³/mol. The van der Waals surface area contributed by atoms with Crippen molar-refractivity contribution >= 4 is 6.03 Å². The summed E-state index contributed by atoms with van der Waals surface area (Å²) < 4.78 is 19.4. The maximum Gasteiger partial charge on any atom is 0.318 e. The maximum absolute atomic E-state index is 14.0. The summed E-state index contributed by atoms with van der Waals surface area (Å²) in [6.07, 6.45) is 0.862. The summed E-state index contributed by atoms with van der Waals surface area (Å²) in [5.74, 6) is -0.233. The molecule has 2 rings (SSSR count). The van der Waals surface area contributed by atoms with Gasteiger partial charge in [-0.2, -0.15) is 0 Å². The van der Waals surface area contributed by atoms with Crippen molar-refractivity contribution in [2.24, 2.45) is 0 Å². The van der Waals surface area contributed by atoms with E-state index in [1.807, 2.05) is 32.0 Å². The van der Waals surface area contributed by atoms with E-state index >= 15 is 0 Å². The number of urea groups is 1. The lowest BCUT2D eigenvalue weighted by Crippen LogP contribution is -2.52. The number of ether oxygens (including phenoxy) is 1. The first-order valence-electron chi connectivity index (χ1n) is 8.05. The van der Waals surface area contributed by atoms with Crippen molar-refractivity contribution in [2.75, 3.05) is 33.9 Å². The number of carbonyl (C=O) groups is 1. The third kappa shape index (κ3) is 4.91. The SMILES string of the molecule is CC[C@H]1COCCN1C(=O)NCc1ccc(CN(C)C)c(F)c1. The van der Waals surface area contributed by atoms with Crippen LogP contribution in [0.15, 0.2) is 18.2 Å². The predicted octanol–water partition coefficient (Wildman–Crippen LogP) is 2.21. The number of rotatable bonds is 5. The highest BCUT2D eigenvalue weighted by Gasteiger charge is 2.25. The molecule has 1 fully saturated rings. The van der Waals surface area contributed by atoms with E-state index in [0.29, 0.717) is 38.4 Å². The quantitative estimate of drug-likeness (QED) is 0.903. The summed E-state index contributed by atoms with van der Waals surface area (Å²) in [5, 5.41) is 2.87. The van der Waals surface area contributed by atoms with Crippen molar-refractivity contribution in [3.05, 3.63) is 35.1 Å². The van der Waals surface area contributed by atoms with Crippen LogP contribution < -0.4 is 5.32 Å². The Labute approximate surface area is 137 Å². The molecule has 1 saturated heterocycles. The van der Waals surface area contributed by atoms with E-state index in [1.165, 1.54) is 6.07 Å². The monoisotopic (exact) mass is 323 g/mol. The highest BCUT2D eigenvalue weighted by atomic mass is 19.1. The molecule has 0 unspecified atom stereocenters. The van der Waals surface area contributed by atoms with Gasteiger partial charge in [0.1, 0.15) is 5.82 Å². The lowest BCUT2D eigenvalue weighted by molar-refractivity contribution is 0.0112. The number of morpholine rings is 1. The molecule has 0 spiro atoms. The van der Waals surface area contributed by atoms with Crippen LogP contribution in [-0.4, -0.2) is 55.7 Å². The lowest BCUT2D eigenvalue weighted by atomic mass is 10.1. The topological polar surface area (TPSA) is 44.8 Å². The van der Waals surface area contributed by atoms with E-state index in [2.05, 4.69) is 5.32 Å². The zero-order chi connectivity index (χ0) is 16.8. The van der Waals surface area contributed by atoms with Gasteiger partial charge in [-0.3, -0.25) is 0 Å². The average molecular weight is 323 g/mol. The second-order valence-corrected chi connectivity index (χ2v) is 6.15. The van der Waals surface area contributed by atoms with Crippen LogP contribution in [0.1, 0.15) is 24.5 Å². The first kappa shape index (κ1) is 17.7. The van der Waals surface area contributed by atoms with Gasteiger partial charge in [0.25, 0.3) is 0 Å². The van der Waals surface area contributed by atoms with Gasteiger partial charge < -0.3 is 19.9 Å². The summed E-state index contributed by atoms with van der Waals surface area (Å²) in [6, 6.07) is 5.13. The van der Waals surface area contributed by atoms with Crippen LogP contribution >= 0.6 is 0 Å². The number of hydrogen-bond donors (Lipinski definition) is 1. The zero-order valence-electron chi connectivity index (χ0n) is 14.1. The van der Waals surface area contributed by atoms with Crippen LogP contribution in [0.4, 0.5) is 9.18 Å². The second-order valence-electron chi connectivity index (χ2n) is 6.15. The van der Waals surface area contributed by atoms with Crippen LogP contribution in [0.2, 0.25) is 0 Å². The molecule has 0 aliphatic carbocycles. The molecule has 23 heavy (non-hydrogen) atoms. The first-order chi connectivity index (χ1) is 11.0. The molecular weight excluding hydrogens is 297 g/mol. The number of halogens is 1. The van der Waals surface area contributed by atoms with E-state index < -0.39 is 0 Å². The zero-order valence-corrected chi connectivity index (χ0v) is 14.1. The summed E-state index contributed by atoms with van der Waals surface area (Å²) >= 11 is 0. The number of nitrogens with zero attached hydrogens (tertiary/aromatic N) is 2. The number of benzene rings is 1. The summed E-state index contributed by atoms with van der Waals surface area (Å²) in [4.78, 5) is 16.0. The molecule has 0 bridgehead atoms. The molecule has 128 valence electrons. The minimum atomic E-state index is -0.233. The minimum Gasteiger partial charge on any atom is -0.377 e. The Morgan fingerprint density at radius 1 is 1.48 bits per heavy atom. The first-order valence-corrected chi connectivity index (χ1v) is 8.05. The Morgan fingerprint density at radius 3 is 2.91 bits per heavy atom. The summed E-state index contributed by atoms with van der Waals surface area (Å²) in [7, 11) is 3.81. The van der Waals surface area contributed by atoms with Gasteiger partial charge in [-0.05, 0) is 32.1 Å². The standard InChI is InChI=1S/C17H26FN3O2/c1-4-15-12-23-8-7-21(15)17(22)19-10-13-5-6-14(11-20(2)3)16(18)9-13/h5-6,9,15H,4,7-8,10-12H2,1-3H3,(H,19,22)/t15-/m0/s1. The molecule has 0 saturated carbocycles. The highest BCUT2D eigenvalue weighted by Crippen LogP contribution is 2.13. The van der Waals surface area contributed by atoms with Crippen LogP contribution in [0.5, 0.6) is 0 Å². The van der Waals surface area contributed by atoms with Crippen molar-refractivity contribution in [3.8, 4) is 0 Å². The van der Waals surface area contributed by atoms with Crippen molar-refractivity contribution in [1.82, 2.24) is 15.1 Å². The van der Waals surface area contributed by atoms with Crippen LogP contribution in [0, 0.1) is 5.82 Å². The lowest BCUT2D eigenvalue weighted by Gasteiger charge is -2.35. The smallest absolute Gasteiger partial charge is 0.318 e. The molecule has 6 heteroatoms. The molecule has 1 heterocycles. The fourth-order valence-corrected chi connectivity index (χ4v) is 2.71. The largest absolute Gasteiger partial charge is 0.377 e. The molecule has 5 nitrogen and oxygen atoms in total. The number of hydrogen-bond acceptors (Lipinski definition) is 3. The molecular formula is C17H26FN3O2. The number of amides is 2. The molecule has 1 atom stereocenters. The van der Waals surface area contributed by atoms with Gasteiger partial charge in [-0.1, -0.05) is 19.1 Å². The molecule has 1 aliphatic rings. The Bertz CT molecular complexity index is 537. The van der Waals surface area contributed by atoms with E-state index in [9.17, 15) is 9.18 Å². The Kier molecular flexibility index (Phi) is 6.36. The van der Waals surface area contributed by atoms with Crippen LogP contribution in [-0.2, 0) is 17.8 Å². The normalized spacial score (nSPS) is 18.3. The molecule has 2 amide bonds. The van der Waals surface area contributed by atoms with Gasteiger partial charge in [0, 0.05) is 25.2 Å². The van der Waals surface area contributed by atoms with Crippen molar-refractivity contribution in [3.63, 3.8) is 0 Å². The van der Waals surface area contributed by atoms with Gasteiger partial charge in [0.15, 0.2) is 0 Å². The van der Waals surface area contributed by atoms with Crippen molar-refractivity contribution in [1.29, 1.82) is 0 Å². The van der Waals surface area contributed by atoms with E-state index in [-0.39, 0.29) is 17.9 Å². The molecule has 0 aromatic heterocycles. The fraction of sp³-hybridized carbons (Fsp3) is 0.588. The average Bonchev–Trinajstić information content (AvgIpc) is 2.54. The molecule has 1 aromatic carbocycles. The second kappa shape index (κ2) is 8.26. The third-order valence-corrected chi connectivity index (χ3v) is 4.01. The molecule has 1 aromatic rings. The van der Waals surface area contributed by atoms with Gasteiger partial charge in [-0.25, -0.2) is 9.18 Å². The molecule has 1 aliphatic heterocycles. The van der Waals surface area contributed by atoms with Crippen LogP contribution in [0.25, 0.3) is 0 Å². The van der Waals surface area contributed by atoms with E-state index in [4.69, 9.17) is 4.74 Å². The van der Waals surface area contributed by atoms with Crippen LogP contribution in [0.3, 0.4) is 0 Å². The molecule has 0 radical (unpaired) electrons. The van der Waals surface area contributed by atoms with Crippen molar-refractivity contribution < 1.29 is 13.9 Å². The minimum absolute atomic E-state index is 0.113. The summed E-state index contributed by atoms with van der Waals surface area (Å²) in [6.45, 7) is 4.67. The fourth-order valence-electron chi connectivity index (χ4n) is 2.71. The van der Waals surface area contributed by atoms with Crippen molar-refractivity contribution in [2.45, 2.75) is 32.5 Å². The Balaban J connectivity index is 1.92. The van der Waals surface area contributed by atoms with Gasteiger partial charge in [-0.15, -0.1) is 0 Å². The molecule has 1 N–H and O–H groups in total. The number of carbonyl (C=O) groups excluding carboxylic acids is 1. The summed E-state index contributed by atoms with van der Waals surface area (Å²) in [5.41, 5.74) is 1.42. The Hall–Kier alpha value is -1.66. The van der Waals surface area contributed by atoms with E-state index in [0.717, 1.165) is 12.0 Å². The van der Waals surface area contributed by atoms with E-state index in [1.54, 1.807) is 11.0 Å². The maximum atomic E-state index is 14.0. The van der Waals surface area contributed by atoms with Gasteiger partial charge in [0.05, 0.1) is 19.3 Å². The highest BCUT2D eigenvalue weighted by molar-refractivity contribution is 5.74.